The van der Waals surface area contributed by atoms with Crippen molar-refractivity contribution in [2.24, 2.45) is 7.05 Å². The van der Waals surface area contributed by atoms with E-state index in [0.29, 0.717) is 18.0 Å². The minimum Gasteiger partial charge on any atom is -0.315 e. The van der Waals surface area contributed by atoms with E-state index < -0.39 is 10.0 Å². The van der Waals surface area contributed by atoms with Gasteiger partial charge in [0.1, 0.15) is 0 Å². The topological polar surface area (TPSA) is 67.2 Å². The standard InChI is InChI=1S/C12H18N4O2S2/c1-13-7-11-12(4-5-19-11)20(17,18)16(3)9-10-6-14-15(2)8-10/h4-6,8,13H,7,9H2,1-3H3. The van der Waals surface area contributed by atoms with E-state index in [1.54, 1.807) is 36.4 Å². The number of hydrogen-bond acceptors (Lipinski definition) is 5. The summed E-state index contributed by atoms with van der Waals surface area (Å²) < 4.78 is 28.2. The van der Waals surface area contributed by atoms with Crippen molar-refractivity contribution in [3.63, 3.8) is 0 Å². The molecule has 0 atom stereocenters. The minimum atomic E-state index is -3.47. The molecule has 0 amide bonds. The monoisotopic (exact) mass is 314 g/mol. The Labute approximate surface area is 123 Å². The zero-order valence-electron chi connectivity index (χ0n) is 11.7. The molecule has 0 fully saturated rings. The fourth-order valence-electron chi connectivity index (χ4n) is 1.91. The second-order valence-corrected chi connectivity index (χ2v) is 7.54. The van der Waals surface area contributed by atoms with Gasteiger partial charge in [0.15, 0.2) is 0 Å². The Balaban J connectivity index is 2.22. The normalized spacial score (nSPS) is 12.2. The van der Waals surface area contributed by atoms with E-state index in [9.17, 15) is 8.42 Å². The summed E-state index contributed by atoms with van der Waals surface area (Å²) in [6, 6.07) is 1.66. The van der Waals surface area contributed by atoms with Crippen molar-refractivity contribution in [3.8, 4) is 0 Å². The Kier molecular flexibility index (Phi) is 4.59. The van der Waals surface area contributed by atoms with E-state index in [1.807, 2.05) is 13.2 Å². The number of aromatic nitrogens is 2. The van der Waals surface area contributed by atoms with Gasteiger partial charge in [-0.05, 0) is 18.5 Å². The van der Waals surface area contributed by atoms with Crippen LogP contribution in [0.5, 0.6) is 0 Å². The lowest BCUT2D eigenvalue weighted by atomic mass is 10.4. The van der Waals surface area contributed by atoms with Gasteiger partial charge in [-0.25, -0.2) is 8.42 Å². The highest BCUT2D eigenvalue weighted by Crippen LogP contribution is 2.25. The summed E-state index contributed by atoms with van der Waals surface area (Å²) in [6.07, 6.45) is 3.49. The molecule has 0 unspecified atom stereocenters. The van der Waals surface area contributed by atoms with E-state index in [2.05, 4.69) is 10.4 Å². The second kappa shape index (κ2) is 6.04. The maximum Gasteiger partial charge on any atom is 0.244 e. The highest BCUT2D eigenvalue weighted by molar-refractivity contribution is 7.89. The largest absolute Gasteiger partial charge is 0.315 e. The van der Waals surface area contributed by atoms with Crippen LogP contribution in [-0.2, 0) is 30.2 Å². The number of thiophene rings is 1. The molecule has 0 aliphatic rings. The molecule has 0 saturated carbocycles. The highest BCUT2D eigenvalue weighted by atomic mass is 32.2. The molecular formula is C12H18N4O2S2. The fraction of sp³-hybridized carbons (Fsp3) is 0.417. The van der Waals surface area contributed by atoms with Crippen molar-refractivity contribution >= 4 is 21.4 Å². The molecule has 0 saturated heterocycles. The Morgan fingerprint density at radius 3 is 2.85 bits per heavy atom. The molecule has 20 heavy (non-hydrogen) atoms. The molecule has 0 radical (unpaired) electrons. The summed E-state index contributed by atoms with van der Waals surface area (Å²) in [7, 11) is 1.72. The van der Waals surface area contributed by atoms with Crippen LogP contribution in [0.3, 0.4) is 0 Å². The van der Waals surface area contributed by atoms with E-state index in [1.165, 1.54) is 15.6 Å². The van der Waals surface area contributed by atoms with E-state index in [-0.39, 0.29) is 0 Å². The summed E-state index contributed by atoms with van der Waals surface area (Å²) >= 11 is 1.44. The minimum absolute atomic E-state index is 0.311. The number of nitrogens with zero attached hydrogens (tertiary/aromatic N) is 3. The van der Waals surface area contributed by atoms with Gasteiger partial charge >= 0.3 is 0 Å². The number of nitrogens with one attached hydrogen (secondary N) is 1. The number of sulfonamides is 1. The first-order chi connectivity index (χ1) is 9.45. The second-order valence-electron chi connectivity index (χ2n) is 4.52. The highest BCUT2D eigenvalue weighted by Gasteiger charge is 2.25. The van der Waals surface area contributed by atoms with Crippen LogP contribution < -0.4 is 5.32 Å². The number of rotatable bonds is 6. The predicted molar refractivity (Wildman–Crippen MR) is 78.9 cm³/mol. The van der Waals surface area contributed by atoms with E-state index in [4.69, 9.17) is 0 Å². The summed E-state index contributed by atoms with van der Waals surface area (Å²) in [4.78, 5) is 1.20. The third-order valence-corrected chi connectivity index (χ3v) is 5.83. The first kappa shape index (κ1) is 15.2. The van der Waals surface area contributed by atoms with Gasteiger partial charge in [0.2, 0.25) is 10.0 Å². The van der Waals surface area contributed by atoms with Crippen LogP contribution in [0.4, 0.5) is 0 Å². The number of aryl methyl sites for hydroxylation is 1. The van der Waals surface area contributed by atoms with E-state index >= 15 is 0 Å². The molecule has 0 aromatic carbocycles. The third kappa shape index (κ3) is 3.09. The van der Waals surface area contributed by atoms with Crippen molar-refractivity contribution in [3.05, 3.63) is 34.3 Å². The van der Waals surface area contributed by atoms with Gasteiger partial charge in [-0.3, -0.25) is 4.68 Å². The quantitative estimate of drug-likeness (QED) is 0.864. The molecule has 2 aromatic rings. The van der Waals surface area contributed by atoms with Gasteiger partial charge in [-0.2, -0.15) is 9.40 Å². The molecule has 2 rings (SSSR count). The van der Waals surface area contributed by atoms with Gasteiger partial charge < -0.3 is 5.32 Å². The summed E-state index contributed by atoms with van der Waals surface area (Å²) in [5.41, 5.74) is 0.865. The first-order valence-electron chi connectivity index (χ1n) is 6.10. The summed E-state index contributed by atoms with van der Waals surface area (Å²) in [5, 5.41) is 8.84. The van der Waals surface area contributed by atoms with Gasteiger partial charge in [-0.1, -0.05) is 0 Å². The zero-order valence-corrected chi connectivity index (χ0v) is 13.3. The Hall–Kier alpha value is -1.22. The zero-order chi connectivity index (χ0) is 14.8. The third-order valence-electron chi connectivity index (χ3n) is 2.89. The van der Waals surface area contributed by atoms with Crippen molar-refractivity contribution in [2.75, 3.05) is 14.1 Å². The first-order valence-corrected chi connectivity index (χ1v) is 8.42. The van der Waals surface area contributed by atoms with Crippen LogP contribution in [0.15, 0.2) is 28.7 Å². The van der Waals surface area contributed by atoms with Gasteiger partial charge in [0.25, 0.3) is 0 Å². The average molecular weight is 314 g/mol. The Bertz CT molecular complexity index is 675. The van der Waals surface area contributed by atoms with Crippen LogP contribution in [0.25, 0.3) is 0 Å². The van der Waals surface area contributed by atoms with Crippen molar-refractivity contribution < 1.29 is 8.42 Å². The van der Waals surface area contributed by atoms with Crippen molar-refractivity contribution in [2.45, 2.75) is 18.0 Å². The maximum atomic E-state index is 12.6. The summed E-state index contributed by atoms with van der Waals surface area (Å²) in [6.45, 7) is 0.859. The summed E-state index contributed by atoms with van der Waals surface area (Å²) in [5.74, 6) is 0. The lowest BCUT2D eigenvalue weighted by Gasteiger charge is -2.16. The molecule has 0 bridgehead atoms. The Morgan fingerprint density at radius 2 is 2.25 bits per heavy atom. The Morgan fingerprint density at radius 1 is 1.50 bits per heavy atom. The fourth-order valence-corrected chi connectivity index (χ4v) is 4.49. The van der Waals surface area contributed by atoms with Crippen LogP contribution in [-0.4, -0.2) is 36.6 Å². The van der Waals surface area contributed by atoms with Crippen molar-refractivity contribution in [1.82, 2.24) is 19.4 Å². The molecule has 8 heteroatoms. The molecule has 0 aliphatic heterocycles. The molecule has 0 aliphatic carbocycles. The molecular weight excluding hydrogens is 296 g/mol. The van der Waals surface area contributed by atoms with Crippen LogP contribution >= 0.6 is 11.3 Å². The van der Waals surface area contributed by atoms with Gasteiger partial charge in [-0.15, -0.1) is 11.3 Å². The molecule has 0 spiro atoms. The lowest BCUT2D eigenvalue weighted by molar-refractivity contribution is 0.466. The lowest BCUT2D eigenvalue weighted by Crippen LogP contribution is -2.27. The molecule has 6 nitrogen and oxygen atoms in total. The van der Waals surface area contributed by atoms with E-state index in [0.717, 1.165) is 10.4 Å². The van der Waals surface area contributed by atoms with Crippen LogP contribution in [0.1, 0.15) is 10.4 Å². The molecule has 2 aromatic heterocycles. The van der Waals surface area contributed by atoms with Crippen LogP contribution in [0, 0.1) is 0 Å². The molecule has 2 heterocycles. The average Bonchev–Trinajstić information content (AvgIpc) is 2.99. The maximum absolute atomic E-state index is 12.6. The van der Waals surface area contributed by atoms with Gasteiger partial charge in [0.05, 0.1) is 11.1 Å². The SMILES string of the molecule is CNCc1sccc1S(=O)(=O)N(C)Cc1cnn(C)c1. The smallest absolute Gasteiger partial charge is 0.244 e. The number of hydrogen-bond donors (Lipinski definition) is 1. The molecule has 1 N–H and O–H groups in total. The van der Waals surface area contributed by atoms with Crippen molar-refractivity contribution in [1.29, 1.82) is 0 Å². The predicted octanol–water partition coefficient (Wildman–Crippen LogP) is 1.02. The van der Waals surface area contributed by atoms with Crippen LogP contribution in [0.2, 0.25) is 0 Å². The molecule has 110 valence electrons. The van der Waals surface area contributed by atoms with Gasteiger partial charge in [0, 0.05) is 43.8 Å².